The number of aliphatic hydroxyl groups excluding tert-OH is 2. The first-order valence-corrected chi connectivity index (χ1v) is 5.14. The number of aliphatic hydroxyl groups is 2. The highest BCUT2D eigenvalue weighted by Gasteiger charge is 2.29. The maximum absolute atomic E-state index is 11.0. The first-order valence-electron chi connectivity index (χ1n) is 4.76. The van der Waals surface area contributed by atoms with Gasteiger partial charge in [-0.25, -0.2) is 4.79 Å². The number of carbonyl (C=O) groups excluding carboxylic acids is 1. The van der Waals surface area contributed by atoms with Crippen LogP contribution in [0.5, 0.6) is 0 Å². The summed E-state index contributed by atoms with van der Waals surface area (Å²) >= 11 is 5.74. The Bertz CT molecular complexity index is 477. The molecule has 0 saturated carbocycles. The summed E-state index contributed by atoms with van der Waals surface area (Å²) in [6, 6.07) is 3.32. The number of ether oxygens (including phenoxy) is 1. The van der Waals surface area contributed by atoms with E-state index in [9.17, 15) is 25.1 Å². The minimum Gasteiger partial charge on any atom is -0.467 e. The van der Waals surface area contributed by atoms with E-state index in [4.69, 9.17) is 11.6 Å². The summed E-state index contributed by atoms with van der Waals surface area (Å²) in [5.41, 5.74) is -0.436. The molecule has 0 heterocycles. The molecule has 8 heteroatoms. The molecule has 0 aliphatic carbocycles. The van der Waals surface area contributed by atoms with E-state index in [0.29, 0.717) is 0 Å². The molecule has 0 aromatic heterocycles. The van der Waals surface area contributed by atoms with Gasteiger partial charge in [0.1, 0.15) is 6.10 Å². The number of nitro benzene ring substituents is 1. The van der Waals surface area contributed by atoms with Crippen molar-refractivity contribution in [2.75, 3.05) is 7.11 Å². The Morgan fingerprint density at radius 1 is 1.50 bits per heavy atom. The zero-order chi connectivity index (χ0) is 13.9. The van der Waals surface area contributed by atoms with Gasteiger partial charge in [-0.3, -0.25) is 10.1 Å². The zero-order valence-corrected chi connectivity index (χ0v) is 10.00. The molecule has 0 saturated heterocycles. The van der Waals surface area contributed by atoms with Crippen molar-refractivity contribution in [3.63, 3.8) is 0 Å². The molecule has 7 nitrogen and oxygen atoms in total. The van der Waals surface area contributed by atoms with Crippen LogP contribution in [0, 0.1) is 10.1 Å². The molecular weight excluding hydrogens is 266 g/mol. The van der Waals surface area contributed by atoms with Gasteiger partial charge in [0, 0.05) is 22.7 Å². The summed E-state index contributed by atoms with van der Waals surface area (Å²) in [6.07, 6.45) is -3.57. The van der Waals surface area contributed by atoms with Gasteiger partial charge in [0.25, 0.3) is 5.69 Å². The third kappa shape index (κ3) is 2.95. The Kier molecular flexibility index (Phi) is 4.60. The lowest BCUT2D eigenvalue weighted by Crippen LogP contribution is -2.29. The van der Waals surface area contributed by atoms with Gasteiger partial charge in [-0.15, -0.1) is 0 Å². The van der Waals surface area contributed by atoms with Crippen LogP contribution in [0.1, 0.15) is 11.7 Å². The molecule has 0 bridgehead atoms. The van der Waals surface area contributed by atoms with Gasteiger partial charge in [-0.1, -0.05) is 11.6 Å². The summed E-state index contributed by atoms with van der Waals surface area (Å²) in [6.45, 7) is 0. The van der Waals surface area contributed by atoms with Crippen molar-refractivity contribution >= 4 is 23.3 Å². The molecule has 18 heavy (non-hydrogen) atoms. The molecule has 0 spiro atoms. The Morgan fingerprint density at radius 3 is 2.61 bits per heavy atom. The number of hydrogen-bond donors (Lipinski definition) is 2. The quantitative estimate of drug-likeness (QED) is 0.478. The highest BCUT2D eigenvalue weighted by atomic mass is 35.5. The predicted octanol–water partition coefficient (Wildman–Crippen LogP) is 0.815. The number of nitro groups is 1. The van der Waals surface area contributed by atoms with Crippen molar-refractivity contribution in [2.24, 2.45) is 0 Å². The third-order valence-electron chi connectivity index (χ3n) is 2.25. The molecule has 2 N–H and O–H groups in total. The summed E-state index contributed by atoms with van der Waals surface area (Å²) < 4.78 is 4.25. The maximum atomic E-state index is 11.0. The van der Waals surface area contributed by atoms with Crippen LogP contribution in [0.3, 0.4) is 0 Å². The fourth-order valence-electron chi connectivity index (χ4n) is 1.29. The number of rotatable bonds is 4. The van der Waals surface area contributed by atoms with Gasteiger partial charge in [0.05, 0.1) is 12.0 Å². The summed E-state index contributed by atoms with van der Waals surface area (Å²) in [5.74, 6) is -1.06. The van der Waals surface area contributed by atoms with Crippen molar-refractivity contribution in [3.05, 3.63) is 38.9 Å². The van der Waals surface area contributed by atoms with E-state index in [1.54, 1.807) is 0 Å². The number of hydrogen-bond acceptors (Lipinski definition) is 6. The molecule has 0 aliphatic heterocycles. The third-order valence-corrected chi connectivity index (χ3v) is 2.59. The Hall–Kier alpha value is -1.70. The van der Waals surface area contributed by atoms with Crippen molar-refractivity contribution in [1.82, 2.24) is 0 Å². The maximum Gasteiger partial charge on any atom is 0.337 e. The van der Waals surface area contributed by atoms with Gasteiger partial charge in [0.15, 0.2) is 6.10 Å². The Balaban J connectivity index is 3.11. The normalized spacial score (nSPS) is 13.8. The standard InChI is InChI=1S/C10H10ClNO6/c1-18-10(15)9(14)8(13)6-4-5(12(16)17)2-3-7(6)11/h2-4,8-9,13-14H,1H3. The second-order valence-electron chi connectivity index (χ2n) is 3.38. The molecule has 0 radical (unpaired) electrons. The lowest BCUT2D eigenvalue weighted by atomic mass is 10.0. The average molecular weight is 276 g/mol. The molecule has 2 atom stereocenters. The van der Waals surface area contributed by atoms with Crippen molar-refractivity contribution in [3.8, 4) is 0 Å². The Labute approximate surface area is 107 Å². The average Bonchev–Trinajstić information content (AvgIpc) is 2.36. The highest BCUT2D eigenvalue weighted by Crippen LogP contribution is 2.29. The zero-order valence-electron chi connectivity index (χ0n) is 9.24. The summed E-state index contributed by atoms with van der Waals surface area (Å²) in [5, 5.41) is 29.7. The fraction of sp³-hybridized carbons (Fsp3) is 0.300. The fourth-order valence-corrected chi connectivity index (χ4v) is 1.52. The molecule has 2 unspecified atom stereocenters. The lowest BCUT2D eigenvalue weighted by molar-refractivity contribution is -0.385. The number of esters is 1. The molecule has 0 amide bonds. The lowest BCUT2D eigenvalue weighted by Gasteiger charge is -2.16. The monoisotopic (exact) mass is 275 g/mol. The number of halogens is 1. The highest BCUT2D eigenvalue weighted by molar-refractivity contribution is 6.31. The van der Waals surface area contributed by atoms with E-state index in [0.717, 1.165) is 19.2 Å². The van der Waals surface area contributed by atoms with Crippen LogP contribution in [-0.4, -0.2) is 34.3 Å². The van der Waals surface area contributed by atoms with Gasteiger partial charge >= 0.3 is 5.97 Å². The van der Waals surface area contributed by atoms with Gasteiger partial charge in [-0.2, -0.15) is 0 Å². The molecular formula is C10H10ClNO6. The van der Waals surface area contributed by atoms with Gasteiger partial charge in [-0.05, 0) is 6.07 Å². The second-order valence-corrected chi connectivity index (χ2v) is 3.78. The van der Waals surface area contributed by atoms with Crippen LogP contribution in [0.15, 0.2) is 18.2 Å². The van der Waals surface area contributed by atoms with E-state index in [1.807, 2.05) is 0 Å². The topological polar surface area (TPSA) is 110 Å². The summed E-state index contributed by atoms with van der Waals surface area (Å²) in [4.78, 5) is 20.9. The molecule has 0 aliphatic rings. The van der Waals surface area contributed by atoms with Crippen LogP contribution in [0.25, 0.3) is 0 Å². The van der Waals surface area contributed by atoms with Crippen LogP contribution in [0.2, 0.25) is 5.02 Å². The predicted molar refractivity (Wildman–Crippen MR) is 61.1 cm³/mol. The first kappa shape index (κ1) is 14.4. The van der Waals surface area contributed by atoms with E-state index in [2.05, 4.69) is 4.74 Å². The smallest absolute Gasteiger partial charge is 0.337 e. The Morgan fingerprint density at radius 2 is 2.11 bits per heavy atom. The van der Waals surface area contributed by atoms with Crippen LogP contribution >= 0.6 is 11.6 Å². The van der Waals surface area contributed by atoms with E-state index < -0.39 is 23.1 Å². The van der Waals surface area contributed by atoms with Crippen LogP contribution < -0.4 is 0 Å². The SMILES string of the molecule is COC(=O)C(O)C(O)c1cc([N+](=O)[O-])ccc1Cl. The molecule has 0 fully saturated rings. The minimum atomic E-state index is -1.87. The molecule has 1 aromatic rings. The van der Waals surface area contributed by atoms with E-state index in [-0.39, 0.29) is 16.3 Å². The molecule has 1 rings (SSSR count). The number of benzene rings is 1. The van der Waals surface area contributed by atoms with E-state index >= 15 is 0 Å². The number of methoxy groups -OCH3 is 1. The van der Waals surface area contributed by atoms with Crippen LogP contribution in [0.4, 0.5) is 5.69 Å². The molecule has 98 valence electrons. The van der Waals surface area contributed by atoms with E-state index in [1.165, 1.54) is 6.07 Å². The minimum absolute atomic E-state index is 0.00365. The van der Waals surface area contributed by atoms with Crippen molar-refractivity contribution < 1.29 is 24.7 Å². The van der Waals surface area contributed by atoms with Crippen molar-refractivity contribution in [2.45, 2.75) is 12.2 Å². The molecule has 1 aromatic carbocycles. The second kappa shape index (κ2) is 5.76. The van der Waals surface area contributed by atoms with Gasteiger partial charge < -0.3 is 14.9 Å². The summed E-state index contributed by atoms with van der Waals surface area (Å²) in [7, 11) is 1.04. The number of nitrogens with zero attached hydrogens (tertiary/aromatic N) is 1. The van der Waals surface area contributed by atoms with Crippen LogP contribution in [-0.2, 0) is 9.53 Å². The first-order chi connectivity index (χ1) is 8.38. The van der Waals surface area contributed by atoms with Crippen molar-refractivity contribution in [1.29, 1.82) is 0 Å². The van der Waals surface area contributed by atoms with Gasteiger partial charge in [0.2, 0.25) is 0 Å². The number of non-ortho nitro benzene ring substituents is 1. The largest absolute Gasteiger partial charge is 0.467 e. The number of carbonyl (C=O) groups is 1.